The van der Waals surface area contributed by atoms with Gasteiger partial charge in [-0.2, -0.15) is 0 Å². The molecule has 0 aliphatic heterocycles. The van der Waals surface area contributed by atoms with Crippen LogP contribution in [0.3, 0.4) is 0 Å². The predicted molar refractivity (Wildman–Crippen MR) is 77.6 cm³/mol. The molecule has 0 atom stereocenters. The summed E-state index contributed by atoms with van der Waals surface area (Å²) in [7, 11) is 0. The summed E-state index contributed by atoms with van der Waals surface area (Å²) in [6, 6.07) is 9.00. The third-order valence-electron chi connectivity index (χ3n) is 3.67. The van der Waals surface area contributed by atoms with E-state index in [1.807, 2.05) is 0 Å². The standard InChI is InChI=1S/C17H28/c1-5-7-10-14-17(3,4)16-13-9-8-12-15(16)11-6-2/h8-9,12-13H,5-7,10-11,14H2,1-4H3. The van der Waals surface area contributed by atoms with Gasteiger partial charge in [-0.05, 0) is 29.4 Å². The van der Waals surface area contributed by atoms with Gasteiger partial charge in [0.1, 0.15) is 0 Å². The summed E-state index contributed by atoms with van der Waals surface area (Å²) in [5.41, 5.74) is 3.45. The van der Waals surface area contributed by atoms with Crippen LogP contribution in [0.2, 0.25) is 0 Å². The summed E-state index contributed by atoms with van der Waals surface area (Å²) < 4.78 is 0. The Hall–Kier alpha value is -0.780. The Morgan fingerprint density at radius 2 is 1.65 bits per heavy atom. The zero-order valence-corrected chi connectivity index (χ0v) is 12.1. The Labute approximate surface area is 107 Å². The van der Waals surface area contributed by atoms with E-state index in [0.29, 0.717) is 5.41 Å². The molecule has 0 aliphatic carbocycles. The lowest BCUT2D eigenvalue weighted by atomic mass is 9.77. The summed E-state index contributed by atoms with van der Waals surface area (Å²) in [5.74, 6) is 0. The van der Waals surface area contributed by atoms with Gasteiger partial charge in [0.2, 0.25) is 0 Å². The number of unbranched alkanes of at least 4 members (excludes halogenated alkanes) is 2. The Bertz CT molecular complexity index is 323. The summed E-state index contributed by atoms with van der Waals surface area (Å²) in [6.07, 6.45) is 7.78. The van der Waals surface area contributed by atoms with Crippen LogP contribution in [0.15, 0.2) is 24.3 Å². The molecule has 0 radical (unpaired) electrons. The van der Waals surface area contributed by atoms with Crippen molar-refractivity contribution in [3.05, 3.63) is 35.4 Å². The van der Waals surface area contributed by atoms with Crippen LogP contribution >= 0.6 is 0 Å². The molecule has 0 nitrogen and oxygen atoms in total. The molecule has 0 aromatic heterocycles. The maximum absolute atomic E-state index is 2.40. The highest BCUT2D eigenvalue weighted by atomic mass is 14.3. The minimum atomic E-state index is 0.334. The minimum absolute atomic E-state index is 0.334. The average Bonchev–Trinajstić information content (AvgIpc) is 2.30. The molecule has 1 aromatic carbocycles. The van der Waals surface area contributed by atoms with E-state index in [-0.39, 0.29) is 0 Å². The second-order valence-corrected chi connectivity index (χ2v) is 5.75. The van der Waals surface area contributed by atoms with Crippen molar-refractivity contribution in [3.63, 3.8) is 0 Å². The second kappa shape index (κ2) is 6.83. The predicted octanol–water partition coefficient (Wildman–Crippen LogP) is 5.50. The van der Waals surface area contributed by atoms with Crippen LogP contribution in [-0.2, 0) is 11.8 Å². The molecule has 0 saturated carbocycles. The molecule has 0 saturated heterocycles. The van der Waals surface area contributed by atoms with Crippen molar-refractivity contribution in [2.75, 3.05) is 0 Å². The van der Waals surface area contributed by atoms with Crippen LogP contribution in [-0.4, -0.2) is 0 Å². The molecule has 0 N–H and O–H groups in total. The molecule has 96 valence electrons. The van der Waals surface area contributed by atoms with E-state index in [9.17, 15) is 0 Å². The first-order chi connectivity index (χ1) is 8.11. The van der Waals surface area contributed by atoms with Crippen LogP contribution in [0.5, 0.6) is 0 Å². The first kappa shape index (κ1) is 14.3. The Morgan fingerprint density at radius 1 is 0.941 bits per heavy atom. The lowest BCUT2D eigenvalue weighted by Gasteiger charge is -2.28. The van der Waals surface area contributed by atoms with E-state index in [0.717, 1.165) is 0 Å². The van der Waals surface area contributed by atoms with E-state index in [1.165, 1.54) is 38.5 Å². The number of hydrogen-bond donors (Lipinski definition) is 0. The number of rotatable bonds is 7. The number of benzene rings is 1. The molecular formula is C17H28. The van der Waals surface area contributed by atoms with Gasteiger partial charge in [-0.1, -0.05) is 77.6 Å². The molecule has 0 amide bonds. The lowest BCUT2D eigenvalue weighted by Crippen LogP contribution is -2.19. The van der Waals surface area contributed by atoms with Gasteiger partial charge >= 0.3 is 0 Å². The Kier molecular flexibility index (Phi) is 5.74. The van der Waals surface area contributed by atoms with E-state index in [4.69, 9.17) is 0 Å². The van der Waals surface area contributed by atoms with Crippen LogP contribution < -0.4 is 0 Å². The van der Waals surface area contributed by atoms with Gasteiger partial charge in [-0.15, -0.1) is 0 Å². The molecule has 1 rings (SSSR count). The maximum atomic E-state index is 2.40. The Morgan fingerprint density at radius 3 is 2.29 bits per heavy atom. The van der Waals surface area contributed by atoms with Crippen molar-refractivity contribution in [1.29, 1.82) is 0 Å². The molecule has 0 spiro atoms. The van der Waals surface area contributed by atoms with E-state index >= 15 is 0 Å². The molecule has 0 unspecified atom stereocenters. The third kappa shape index (κ3) is 4.18. The Balaban J connectivity index is 2.81. The van der Waals surface area contributed by atoms with E-state index in [2.05, 4.69) is 52.0 Å². The smallest absolute Gasteiger partial charge is 0.0101 e. The molecular weight excluding hydrogens is 204 g/mol. The summed E-state index contributed by atoms with van der Waals surface area (Å²) in [5, 5.41) is 0. The van der Waals surface area contributed by atoms with Gasteiger partial charge in [-0.25, -0.2) is 0 Å². The largest absolute Gasteiger partial charge is 0.0654 e. The molecule has 0 heterocycles. The first-order valence-corrected chi connectivity index (χ1v) is 7.20. The van der Waals surface area contributed by atoms with Crippen LogP contribution in [0, 0.1) is 0 Å². The van der Waals surface area contributed by atoms with Crippen LogP contribution in [0.4, 0.5) is 0 Å². The zero-order valence-electron chi connectivity index (χ0n) is 12.1. The lowest BCUT2D eigenvalue weighted by molar-refractivity contribution is 0.446. The summed E-state index contributed by atoms with van der Waals surface area (Å²) in [4.78, 5) is 0. The van der Waals surface area contributed by atoms with Crippen molar-refractivity contribution < 1.29 is 0 Å². The van der Waals surface area contributed by atoms with Gasteiger partial charge in [0, 0.05) is 0 Å². The van der Waals surface area contributed by atoms with Gasteiger partial charge in [-0.3, -0.25) is 0 Å². The van der Waals surface area contributed by atoms with Crippen molar-refractivity contribution in [2.24, 2.45) is 0 Å². The topological polar surface area (TPSA) is 0 Å². The van der Waals surface area contributed by atoms with Gasteiger partial charge in [0.15, 0.2) is 0 Å². The van der Waals surface area contributed by atoms with Crippen molar-refractivity contribution in [3.8, 4) is 0 Å². The number of aryl methyl sites for hydroxylation is 1. The van der Waals surface area contributed by atoms with E-state index in [1.54, 1.807) is 11.1 Å². The molecule has 0 aliphatic rings. The summed E-state index contributed by atoms with van der Waals surface area (Å²) >= 11 is 0. The van der Waals surface area contributed by atoms with Crippen LogP contribution in [0.25, 0.3) is 0 Å². The maximum Gasteiger partial charge on any atom is -0.0101 e. The molecule has 0 heteroatoms. The van der Waals surface area contributed by atoms with Gasteiger partial charge < -0.3 is 0 Å². The first-order valence-electron chi connectivity index (χ1n) is 7.20. The van der Waals surface area contributed by atoms with Gasteiger partial charge in [0.05, 0.1) is 0 Å². The van der Waals surface area contributed by atoms with Crippen LogP contribution in [0.1, 0.15) is 70.9 Å². The van der Waals surface area contributed by atoms with E-state index < -0.39 is 0 Å². The molecule has 0 bridgehead atoms. The highest BCUT2D eigenvalue weighted by Crippen LogP contribution is 2.32. The fourth-order valence-corrected chi connectivity index (χ4v) is 2.62. The highest BCUT2D eigenvalue weighted by Gasteiger charge is 2.22. The monoisotopic (exact) mass is 232 g/mol. The van der Waals surface area contributed by atoms with Crippen molar-refractivity contribution in [2.45, 2.75) is 71.6 Å². The average molecular weight is 232 g/mol. The molecule has 1 aromatic rings. The SMILES string of the molecule is CCCCCC(C)(C)c1ccccc1CCC. The summed E-state index contributed by atoms with van der Waals surface area (Å²) in [6.45, 7) is 9.34. The molecule has 0 fully saturated rings. The third-order valence-corrected chi connectivity index (χ3v) is 3.67. The van der Waals surface area contributed by atoms with Gasteiger partial charge in [0.25, 0.3) is 0 Å². The quantitative estimate of drug-likeness (QED) is 0.545. The highest BCUT2D eigenvalue weighted by molar-refractivity contribution is 5.33. The molecule has 17 heavy (non-hydrogen) atoms. The zero-order chi connectivity index (χ0) is 12.7. The second-order valence-electron chi connectivity index (χ2n) is 5.75. The van der Waals surface area contributed by atoms with Crippen molar-refractivity contribution in [1.82, 2.24) is 0 Å². The fraction of sp³-hybridized carbons (Fsp3) is 0.647. The number of hydrogen-bond acceptors (Lipinski definition) is 0. The fourth-order valence-electron chi connectivity index (χ4n) is 2.62. The minimum Gasteiger partial charge on any atom is -0.0654 e. The van der Waals surface area contributed by atoms with Crippen molar-refractivity contribution >= 4 is 0 Å². The normalized spacial score (nSPS) is 11.8.